The van der Waals surface area contributed by atoms with Gasteiger partial charge in [-0.05, 0) is 38.2 Å². The van der Waals surface area contributed by atoms with Crippen molar-refractivity contribution in [2.24, 2.45) is 0 Å². The molecule has 0 aliphatic heterocycles. The van der Waals surface area contributed by atoms with Crippen LogP contribution in [0.25, 0.3) is 0 Å². The maximum atomic E-state index is 13.9. The van der Waals surface area contributed by atoms with E-state index >= 15 is 0 Å². The Morgan fingerprint density at radius 3 is 2.57 bits per heavy atom. The maximum absolute atomic E-state index is 13.9. The normalized spacial score (nSPS) is 11.6. The first kappa shape index (κ1) is 15.9. The Kier molecular flexibility index (Phi) is 4.97. The standard InChI is InChI=1S/C14H17FN2O2S2/c1-3-17(13-7-5-4-6-12(13)15)21(18,19)14-9-8-11(20-14)10-16-2/h4-9,16H,3,10H2,1-2H3. The van der Waals surface area contributed by atoms with Crippen molar-refractivity contribution in [2.75, 3.05) is 17.9 Å². The van der Waals surface area contributed by atoms with E-state index in [9.17, 15) is 12.8 Å². The molecule has 2 rings (SSSR count). The molecular weight excluding hydrogens is 311 g/mol. The largest absolute Gasteiger partial charge is 0.315 e. The summed E-state index contributed by atoms with van der Waals surface area (Å²) in [5.74, 6) is -0.546. The molecule has 0 aliphatic rings. The topological polar surface area (TPSA) is 49.4 Å². The highest BCUT2D eigenvalue weighted by atomic mass is 32.2. The van der Waals surface area contributed by atoms with E-state index in [1.165, 1.54) is 29.5 Å². The maximum Gasteiger partial charge on any atom is 0.273 e. The van der Waals surface area contributed by atoms with Crippen LogP contribution in [0.2, 0.25) is 0 Å². The smallest absolute Gasteiger partial charge is 0.273 e. The minimum atomic E-state index is -3.74. The summed E-state index contributed by atoms with van der Waals surface area (Å²) in [6.07, 6.45) is 0. The zero-order valence-corrected chi connectivity index (χ0v) is 13.5. The van der Waals surface area contributed by atoms with Gasteiger partial charge in [0.25, 0.3) is 10.0 Å². The number of nitrogens with zero attached hydrogens (tertiary/aromatic N) is 1. The van der Waals surface area contributed by atoms with Gasteiger partial charge in [0.15, 0.2) is 0 Å². The number of para-hydroxylation sites is 1. The molecule has 1 aromatic heterocycles. The number of thiophene rings is 1. The SMILES string of the molecule is CCN(c1ccccc1F)S(=O)(=O)c1ccc(CNC)s1. The summed E-state index contributed by atoms with van der Waals surface area (Å²) >= 11 is 1.19. The number of nitrogens with one attached hydrogen (secondary N) is 1. The number of benzene rings is 1. The van der Waals surface area contributed by atoms with Crippen molar-refractivity contribution in [3.8, 4) is 0 Å². The molecule has 0 amide bonds. The summed E-state index contributed by atoms with van der Waals surface area (Å²) in [5, 5.41) is 2.97. The highest BCUT2D eigenvalue weighted by Gasteiger charge is 2.27. The van der Waals surface area contributed by atoms with Crippen LogP contribution in [0.1, 0.15) is 11.8 Å². The van der Waals surface area contributed by atoms with Crippen molar-refractivity contribution in [1.82, 2.24) is 5.32 Å². The van der Waals surface area contributed by atoms with Gasteiger partial charge < -0.3 is 5.32 Å². The molecule has 21 heavy (non-hydrogen) atoms. The fourth-order valence-electron chi connectivity index (χ4n) is 2.00. The van der Waals surface area contributed by atoms with Gasteiger partial charge in [-0.3, -0.25) is 4.31 Å². The number of anilines is 1. The van der Waals surface area contributed by atoms with Crippen molar-refractivity contribution in [1.29, 1.82) is 0 Å². The van der Waals surface area contributed by atoms with E-state index in [0.717, 1.165) is 9.18 Å². The van der Waals surface area contributed by atoms with E-state index in [2.05, 4.69) is 5.32 Å². The molecule has 0 aliphatic carbocycles. The third-order valence-corrected chi connectivity index (χ3v) is 6.38. The molecule has 1 aromatic carbocycles. The Hall–Kier alpha value is -1.44. The average Bonchev–Trinajstić information content (AvgIpc) is 2.91. The molecule has 114 valence electrons. The molecule has 0 unspecified atom stereocenters. The molecule has 7 heteroatoms. The van der Waals surface area contributed by atoms with Crippen LogP contribution in [-0.4, -0.2) is 22.0 Å². The summed E-state index contributed by atoms with van der Waals surface area (Å²) in [6.45, 7) is 2.46. The Morgan fingerprint density at radius 1 is 1.24 bits per heavy atom. The van der Waals surface area contributed by atoms with Gasteiger partial charge in [0, 0.05) is 18.0 Å². The zero-order valence-electron chi connectivity index (χ0n) is 11.8. The van der Waals surface area contributed by atoms with E-state index in [0.29, 0.717) is 6.54 Å². The fraction of sp³-hybridized carbons (Fsp3) is 0.286. The fourth-order valence-corrected chi connectivity index (χ4v) is 4.96. The molecule has 4 nitrogen and oxygen atoms in total. The van der Waals surface area contributed by atoms with Crippen molar-refractivity contribution in [3.05, 3.63) is 47.1 Å². The van der Waals surface area contributed by atoms with Crippen LogP contribution >= 0.6 is 11.3 Å². The molecule has 0 bridgehead atoms. The first-order valence-corrected chi connectivity index (χ1v) is 8.77. The summed E-state index contributed by atoms with van der Waals surface area (Å²) < 4.78 is 40.6. The number of halogens is 1. The Morgan fingerprint density at radius 2 is 1.95 bits per heavy atom. The molecule has 1 N–H and O–H groups in total. The molecular formula is C14H17FN2O2S2. The first-order valence-electron chi connectivity index (χ1n) is 6.51. The monoisotopic (exact) mass is 328 g/mol. The van der Waals surface area contributed by atoms with Crippen molar-refractivity contribution in [2.45, 2.75) is 17.7 Å². The van der Waals surface area contributed by atoms with Crippen LogP contribution < -0.4 is 9.62 Å². The molecule has 1 heterocycles. The molecule has 0 atom stereocenters. The van der Waals surface area contributed by atoms with Crippen molar-refractivity contribution in [3.63, 3.8) is 0 Å². The summed E-state index contributed by atoms with van der Waals surface area (Å²) in [5.41, 5.74) is 0.0727. The molecule has 0 spiro atoms. The Balaban J connectivity index is 2.42. The highest BCUT2D eigenvalue weighted by Crippen LogP contribution is 2.29. The minimum Gasteiger partial charge on any atom is -0.315 e. The third kappa shape index (κ3) is 3.25. The van der Waals surface area contributed by atoms with Crippen LogP contribution in [0.5, 0.6) is 0 Å². The lowest BCUT2D eigenvalue weighted by atomic mass is 10.3. The number of hydrogen-bond donors (Lipinski definition) is 1. The van der Waals surface area contributed by atoms with Gasteiger partial charge in [0.05, 0.1) is 5.69 Å². The highest BCUT2D eigenvalue weighted by molar-refractivity contribution is 7.94. The van der Waals surface area contributed by atoms with Crippen LogP contribution in [0, 0.1) is 5.82 Å². The molecule has 0 radical (unpaired) electrons. The Bertz CT molecular complexity index is 713. The quantitative estimate of drug-likeness (QED) is 0.887. The van der Waals surface area contributed by atoms with E-state index in [1.807, 2.05) is 0 Å². The van der Waals surface area contributed by atoms with E-state index in [-0.39, 0.29) is 16.4 Å². The second-order valence-corrected chi connectivity index (χ2v) is 7.63. The van der Waals surface area contributed by atoms with E-state index in [1.54, 1.807) is 32.2 Å². The van der Waals surface area contributed by atoms with E-state index < -0.39 is 15.8 Å². The van der Waals surface area contributed by atoms with Gasteiger partial charge in [-0.25, -0.2) is 12.8 Å². The molecule has 2 aromatic rings. The Labute approximate surface area is 128 Å². The number of sulfonamides is 1. The second-order valence-electron chi connectivity index (χ2n) is 4.37. The number of hydrogen-bond acceptors (Lipinski definition) is 4. The lowest BCUT2D eigenvalue weighted by Crippen LogP contribution is -2.30. The van der Waals surface area contributed by atoms with Crippen molar-refractivity contribution >= 4 is 27.0 Å². The third-order valence-electron chi connectivity index (χ3n) is 2.94. The second kappa shape index (κ2) is 6.55. The predicted molar refractivity (Wildman–Crippen MR) is 83.7 cm³/mol. The lowest BCUT2D eigenvalue weighted by molar-refractivity contribution is 0.588. The van der Waals surface area contributed by atoms with Gasteiger partial charge in [-0.1, -0.05) is 12.1 Å². The van der Waals surface area contributed by atoms with Crippen LogP contribution in [0.3, 0.4) is 0 Å². The summed E-state index contributed by atoms with van der Waals surface area (Å²) in [7, 11) is -1.94. The zero-order chi connectivity index (χ0) is 15.5. The van der Waals surface area contributed by atoms with Crippen LogP contribution in [0.15, 0.2) is 40.6 Å². The van der Waals surface area contributed by atoms with Gasteiger partial charge in [-0.15, -0.1) is 11.3 Å². The average molecular weight is 328 g/mol. The van der Waals surface area contributed by atoms with Gasteiger partial charge in [0.1, 0.15) is 10.0 Å². The van der Waals surface area contributed by atoms with Gasteiger partial charge in [-0.2, -0.15) is 0 Å². The molecule has 0 saturated heterocycles. The van der Waals surface area contributed by atoms with Gasteiger partial charge >= 0.3 is 0 Å². The van der Waals surface area contributed by atoms with Crippen LogP contribution in [0.4, 0.5) is 10.1 Å². The molecule has 0 saturated carbocycles. The number of rotatable bonds is 6. The first-order chi connectivity index (χ1) is 10.0. The van der Waals surface area contributed by atoms with Gasteiger partial charge in [0.2, 0.25) is 0 Å². The minimum absolute atomic E-state index is 0.0727. The predicted octanol–water partition coefficient (Wildman–Crippen LogP) is 2.82. The van der Waals surface area contributed by atoms with Crippen LogP contribution in [-0.2, 0) is 16.6 Å². The molecule has 0 fully saturated rings. The summed E-state index contributed by atoms with van der Waals surface area (Å²) in [6, 6.07) is 9.22. The lowest BCUT2D eigenvalue weighted by Gasteiger charge is -2.22. The van der Waals surface area contributed by atoms with E-state index in [4.69, 9.17) is 0 Å². The summed E-state index contributed by atoms with van der Waals surface area (Å²) in [4.78, 5) is 0.917. The van der Waals surface area contributed by atoms with Crippen molar-refractivity contribution < 1.29 is 12.8 Å².